The van der Waals surface area contributed by atoms with E-state index in [1.54, 1.807) is 18.2 Å². The first kappa shape index (κ1) is 21.1. The Hall–Kier alpha value is -2.25. The molecular formula is C19H23ClN2O4S. The van der Waals surface area contributed by atoms with Gasteiger partial charge in [0, 0.05) is 11.5 Å². The van der Waals surface area contributed by atoms with Crippen molar-refractivity contribution < 1.29 is 19.1 Å². The number of carbonyl (C=O) groups is 2. The van der Waals surface area contributed by atoms with Crippen molar-refractivity contribution in [1.29, 1.82) is 0 Å². The number of methoxy groups -OCH3 is 2. The fraction of sp³-hybridized carbons (Fsp3) is 0.368. The van der Waals surface area contributed by atoms with Crippen LogP contribution in [-0.2, 0) is 4.79 Å². The van der Waals surface area contributed by atoms with Gasteiger partial charge in [-0.05, 0) is 24.6 Å². The highest BCUT2D eigenvalue weighted by Gasteiger charge is 2.23. The van der Waals surface area contributed by atoms with Crippen LogP contribution in [0.4, 0.5) is 10.7 Å². The van der Waals surface area contributed by atoms with Gasteiger partial charge in [-0.15, -0.1) is 11.3 Å². The van der Waals surface area contributed by atoms with Gasteiger partial charge in [-0.25, -0.2) is 0 Å². The number of nitrogens with one attached hydrogen (secondary N) is 2. The van der Waals surface area contributed by atoms with E-state index in [2.05, 4.69) is 10.6 Å². The summed E-state index contributed by atoms with van der Waals surface area (Å²) < 4.78 is 10.5. The molecule has 2 rings (SSSR count). The molecule has 1 heterocycles. The maximum atomic E-state index is 12.7. The second-order valence-electron chi connectivity index (χ2n) is 6.97. The number of halogens is 1. The van der Waals surface area contributed by atoms with Gasteiger partial charge in [0.2, 0.25) is 5.91 Å². The van der Waals surface area contributed by atoms with Gasteiger partial charge in [0.1, 0.15) is 11.5 Å². The quantitative estimate of drug-likeness (QED) is 0.730. The molecule has 8 heteroatoms. The maximum absolute atomic E-state index is 12.7. The molecular weight excluding hydrogens is 388 g/mol. The minimum atomic E-state index is -0.520. The number of hydrogen-bond acceptors (Lipinski definition) is 5. The van der Waals surface area contributed by atoms with Crippen molar-refractivity contribution in [2.75, 3.05) is 24.9 Å². The molecule has 146 valence electrons. The normalized spacial score (nSPS) is 11.1. The van der Waals surface area contributed by atoms with E-state index in [0.717, 1.165) is 5.56 Å². The Morgan fingerprint density at radius 2 is 1.67 bits per heavy atom. The lowest BCUT2D eigenvalue weighted by Gasteiger charge is -2.16. The summed E-state index contributed by atoms with van der Waals surface area (Å²) in [7, 11) is 3.00. The standard InChI is InChI=1S/C19H23ClN2O4S/c1-10-7-15(22-18(24)19(2,3)4)27-16(10)17(23)21-12-8-11(20)13(25-5)9-14(12)26-6/h7-9H,1-6H3,(H,21,23)(H,22,24). The minimum absolute atomic E-state index is 0.112. The molecule has 0 aliphatic rings. The number of anilines is 2. The highest BCUT2D eigenvalue weighted by molar-refractivity contribution is 7.18. The van der Waals surface area contributed by atoms with Gasteiger partial charge in [0.15, 0.2) is 0 Å². The molecule has 0 saturated heterocycles. The van der Waals surface area contributed by atoms with Crippen LogP contribution in [0, 0.1) is 12.3 Å². The molecule has 0 aliphatic carbocycles. The molecule has 0 atom stereocenters. The molecule has 1 aromatic heterocycles. The first-order valence-corrected chi connectivity index (χ1v) is 9.41. The molecule has 0 radical (unpaired) electrons. The van der Waals surface area contributed by atoms with E-state index in [1.165, 1.54) is 25.6 Å². The van der Waals surface area contributed by atoms with E-state index in [1.807, 2.05) is 27.7 Å². The van der Waals surface area contributed by atoms with Crippen molar-refractivity contribution >= 4 is 45.4 Å². The zero-order valence-corrected chi connectivity index (χ0v) is 17.7. The predicted octanol–water partition coefficient (Wildman–Crippen LogP) is 4.96. The van der Waals surface area contributed by atoms with Gasteiger partial charge >= 0.3 is 0 Å². The minimum Gasteiger partial charge on any atom is -0.495 e. The number of aryl methyl sites for hydroxylation is 1. The third kappa shape index (κ3) is 4.93. The summed E-state index contributed by atoms with van der Waals surface area (Å²) in [4.78, 5) is 25.4. The number of carbonyl (C=O) groups excluding carboxylic acids is 2. The van der Waals surface area contributed by atoms with Gasteiger partial charge in [0.05, 0.1) is 34.8 Å². The smallest absolute Gasteiger partial charge is 0.266 e. The summed E-state index contributed by atoms with van der Waals surface area (Å²) in [5.41, 5.74) is 0.676. The summed E-state index contributed by atoms with van der Waals surface area (Å²) in [6.07, 6.45) is 0. The summed E-state index contributed by atoms with van der Waals surface area (Å²) >= 11 is 7.36. The predicted molar refractivity (Wildman–Crippen MR) is 110 cm³/mol. The monoisotopic (exact) mass is 410 g/mol. The first-order valence-electron chi connectivity index (χ1n) is 8.21. The SMILES string of the molecule is COc1cc(OC)c(NC(=O)c2sc(NC(=O)C(C)(C)C)cc2C)cc1Cl. The second kappa shape index (κ2) is 8.19. The summed E-state index contributed by atoms with van der Waals surface area (Å²) in [5.74, 6) is 0.457. The largest absolute Gasteiger partial charge is 0.495 e. The maximum Gasteiger partial charge on any atom is 0.266 e. The highest BCUT2D eigenvalue weighted by atomic mass is 35.5. The third-order valence-electron chi connectivity index (χ3n) is 3.76. The van der Waals surface area contributed by atoms with Gasteiger partial charge in [-0.2, -0.15) is 0 Å². The van der Waals surface area contributed by atoms with Crippen molar-refractivity contribution in [3.63, 3.8) is 0 Å². The lowest BCUT2D eigenvalue weighted by Crippen LogP contribution is -2.27. The molecule has 6 nitrogen and oxygen atoms in total. The fourth-order valence-corrected chi connectivity index (χ4v) is 3.41. The summed E-state index contributed by atoms with van der Waals surface area (Å²) in [6.45, 7) is 7.30. The van der Waals surface area contributed by atoms with Gasteiger partial charge < -0.3 is 20.1 Å². The van der Waals surface area contributed by atoms with E-state index in [0.29, 0.717) is 32.1 Å². The zero-order chi connectivity index (χ0) is 20.4. The lowest BCUT2D eigenvalue weighted by atomic mass is 9.96. The average molecular weight is 411 g/mol. The molecule has 0 saturated carbocycles. The van der Waals surface area contributed by atoms with Crippen molar-refractivity contribution in [3.05, 3.63) is 33.7 Å². The Balaban J connectivity index is 2.24. The van der Waals surface area contributed by atoms with E-state index >= 15 is 0 Å². The molecule has 0 spiro atoms. The van der Waals surface area contributed by atoms with Crippen molar-refractivity contribution in [2.45, 2.75) is 27.7 Å². The molecule has 2 N–H and O–H groups in total. The van der Waals surface area contributed by atoms with E-state index in [4.69, 9.17) is 21.1 Å². The van der Waals surface area contributed by atoms with Crippen LogP contribution in [0.15, 0.2) is 18.2 Å². The third-order valence-corrected chi connectivity index (χ3v) is 5.21. The van der Waals surface area contributed by atoms with E-state index in [9.17, 15) is 9.59 Å². The van der Waals surface area contributed by atoms with Crippen LogP contribution in [-0.4, -0.2) is 26.0 Å². The molecule has 0 unspecified atom stereocenters. The number of ether oxygens (including phenoxy) is 2. The topological polar surface area (TPSA) is 76.7 Å². The Morgan fingerprint density at radius 3 is 2.22 bits per heavy atom. The van der Waals surface area contributed by atoms with Crippen molar-refractivity contribution in [1.82, 2.24) is 0 Å². The van der Waals surface area contributed by atoms with Gasteiger partial charge in [-0.3, -0.25) is 9.59 Å². The molecule has 0 fully saturated rings. The number of benzene rings is 1. The number of hydrogen-bond donors (Lipinski definition) is 2. The van der Waals surface area contributed by atoms with E-state index < -0.39 is 5.41 Å². The van der Waals surface area contributed by atoms with Crippen LogP contribution >= 0.6 is 22.9 Å². The van der Waals surface area contributed by atoms with Crippen molar-refractivity contribution in [2.24, 2.45) is 5.41 Å². The molecule has 2 amide bonds. The van der Waals surface area contributed by atoms with Crippen LogP contribution in [0.25, 0.3) is 0 Å². The Labute approximate surface area is 167 Å². The summed E-state index contributed by atoms with van der Waals surface area (Å²) in [6, 6.07) is 4.96. The van der Waals surface area contributed by atoms with Crippen LogP contribution in [0.5, 0.6) is 11.5 Å². The van der Waals surface area contributed by atoms with Gasteiger partial charge in [0.25, 0.3) is 5.91 Å². The molecule has 0 bridgehead atoms. The number of thiophene rings is 1. The Morgan fingerprint density at radius 1 is 1.04 bits per heavy atom. The van der Waals surface area contributed by atoms with E-state index in [-0.39, 0.29) is 11.8 Å². The highest BCUT2D eigenvalue weighted by Crippen LogP contribution is 2.37. The second-order valence-corrected chi connectivity index (χ2v) is 8.43. The number of rotatable bonds is 5. The Bertz CT molecular complexity index is 871. The number of amides is 2. The van der Waals surface area contributed by atoms with Crippen LogP contribution in [0.1, 0.15) is 36.0 Å². The molecule has 27 heavy (non-hydrogen) atoms. The Kier molecular flexibility index (Phi) is 6.38. The molecule has 0 aliphatic heterocycles. The van der Waals surface area contributed by atoms with Crippen LogP contribution in [0.2, 0.25) is 5.02 Å². The van der Waals surface area contributed by atoms with Crippen LogP contribution in [0.3, 0.4) is 0 Å². The summed E-state index contributed by atoms with van der Waals surface area (Å²) in [5, 5.41) is 6.63. The molecule has 2 aromatic rings. The first-order chi connectivity index (χ1) is 12.6. The molecule has 1 aromatic carbocycles. The average Bonchev–Trinajstić information content (AvgIpc) is 2.94. The van der Waals surface area contributed by atoms with Crippen molar-refractivity contribution in [3.8, 4) is 11.5 Å². The van der Waals surface area contributed by atoms with Crippen LogP contribution < -0.4 is 20.1 Å². The van der Waals surface area contributed by atoms with Gasteiger partial charge in [-0.1, -0.05) is 32.4 Å². The zero-order valence-electron chi connectivity index (χ0n) is 16.2. The lowest BCUT2D eigenvalue weighted by molar-refractivity contribution is -0.123. The fourth-order valence-electron chi connectivity index (χ4n) is 2.21.